The molecular weight excluding hydrogens is 381 g/mol. The summed E-state index contributed by atoms with van der Waals surface area (Å²) in [6, 6.07) is 0. The van der Waals surface area contributed by atoms with Gasteiger partial charge >= 0.3 is 0 Å². The Bertz CT molecular complexity index is 11.2. The van der Waals surface area contributed by atoms with Crippen molar-refractivity contribution in [1.82, 2.24) is 24.6 Å². The molecule has 0 aliphatic heterocycles. The zero-order valence-corrected chi connectivity index (χ0v) is 12.7. The van der Waals surface area contributed by atoms with Gasteiger partial charge in [0, 0.05) is 87.5 Å². The van der Waals surface area contributed by atoms with Crippen molar-refractivity contribution in [2.24, 2.45) is 0 Å². The van der Waals surface area contributed by atoms with Gasteiger partial charge in [-0.3, -0.25) is 0 Å². The van der Waals surface area contributed by atoms with Gasteiger partial charge in [0.05, 0.1) is 0 Å². The van der Waals surface area contributed by atoms with E-state index in [2.05, 4.69) is 0 Å². The van der Waals surface area contributed by atoms with Crippen LogP contribution in [-0.4, -0.2) is 0 Å². The van der Waals surface area contributed by atoms with E-state index in [0.29, 0.717) is 0 Å². The monoisotopic (exact) mass is 393 g/mol. The van der Waals surface area contributed by atoms with Gasteiger partial charge in [-0.25, -0.2) is 0 Å². The van der Waals surface area contributed by atoms with Crippen LogP contribution in [0.5, 0.6) is 0 Å². The largest absolute Gasteiger partial charge is 0.344 e. The Morgan fingerprint density at radius 1 is 0.375 bits per heavy atom. The van der Waals surface area contributed by atoms with Gasteiger partial charge in [-0.2, -0.15) is 0 Å². The summed E-state index contributed by atoms with van der Waals surface area (Å²) in [4.78, 5) is 0. The van der Waals surface area contributed by atoms with E-state index >= 15 is 0 Å². The summed E-state index contributed by atoms with van der Waals surface area (Å²) in [6.45, 7) is 0. The van der Waals surface area contributed by atoms with Crippen molar-refractivity contribution in [3.63, 3.8) is 0 Å². The molecule has 0 spiro atoms. The zero-order valence-electron chi connectivity index (χ0n) is 4.78. The normalized spacial score (nSPS) is 0. The summed E-state index contributed by atoms with van der Waals surface area (Å²) in [5, 5.41) is 0. The molecule has 0 atom stereocenters. The van der Waals surface area contributed by atoms with Crippen LogP contribution in [0.15, 0.2) is 0 Å². The molecule has 0 aromatic carbocycles. The molecule has 0 fully saturated rings. The predicted molar refractivity (Wildman–Crippen MR) is 20.1 cm³/mol. The smallest absolute Gasteiger partial charge is 0 e. The van der Waals surface area contributed by atoms with Crippen LogP contribution in [-0.2, 0) is 87.5 Å². The van der Waals surface area contributed by atoms with Gasteiger partial charge in [-0.15, -0.1) is 0 Å². The second-order valence-electron chi connectivity index (χ2n) is 0. The predicted octanol–water partition coefficient (Wildman–Crippen LogP) is 0.638. The van der Waals surface area contributed by atoms with Gasteiger partial charge in [0.1, 0.15) is 0 Å². The Hall–Kier alpha value is 2.72. The van der Waals surface area contributed by atoms with E-state index in [1.54, 1.807) is 0 Å². The molecule has 0 aliphatic carbocycles. The first-order valence-electron chi connectivity index (χ1n) is 0. The molecule has 49 valence electrons. The van der Waals surface area contributed by atoms with Crippen LogP contribution in [0.1, 0.15) is 0 Å². The molecule has 4 nitrogen and oxygen atoms in total. The van der Waals surface area contributed by atoms with Crippen molar-refractivity contribution in [3.8, 4) is 0 Å². The van der Waals surface area contributed by atoms with Crippen LogP contribution in [0, 0.1) is 0 Å². The second-order valence-corrected chi connectivity index (χ2v) is 0. The molecule has 0 amide bonds. The third kappa shape index (κ3) is 70.2. The van der Waals surface area contributed by atoms with Crippen LogP contribution in [0.3, 0.4) is 0 Å². The van der Waals surface area contributed by atoms with Crippen LogP contribution >= 0.6 is 0 Å². The van der Waals surface area contributed by atoms with Crippen LogP contribution in [0.4, 0.5) is 0 Å². The van der Waals surface area contributed by atoms with Gasteiger partial charge in [0.25, 0.3) is 0 Å². The van der Waals surface area contributed by atoms with E-state index in [-0.39, 0.29) is 112 Å². The van der Waals surface area contributed by atoms with Crippen molar-refractivity contribution >= 4 is 0 Å². The SMILES string of the molecule is N.N.N.N.[Ta].[Ti].[Ti].[Ti]. The number of hydrogen-bond acceptors (Lipinski definition) is 4. The summed E-state index contributed by atoms with van der Waals surface area (Å²) < 4.78 is 0. The average Bonchev–Trinajstić information content (AvgIpc) is 0. The summed E-state index contributed by atoms with van der Waals surface area (Å²) in [5.74, 6) is 0. The minimum Gasteiger partial charge on any atom is -0.344 e. The van der Waals surface area contributed by atoms with Gasteiger partial charge in [-0.05, 0) is 0 Å². The van der Waals surface area contributed by atoms with Crippen molar-refractivity contribution in [3.05, 3.63) is 0 Å². The first-order chi connectivity index (χ1) is 0. The first kappa shape index (κ1) is 137. The molecular formula is H12N4TaTi3. The Morgan fingerprint density at radius 3 is 0.375 bits per heavy atom. The van der Waals surface area contributed by atoms with E-state index in [4.69, 9.17) is 0 Å². The summed E-state index contributed by atoms with van der Waals surface area (Å²) in [6.07, 6.45) is 0. The minimum absolute atomic E-state index is 0. The van der Waals surface area contributed by atoms with Crippen molar-refractivity contribution in [2.75, 3.05) is 0 Å². The number of hydrogen-bond donors (Lipinski definition) is 4. The summed E-state index contributed by atoms with van der Waals surface area (Å²) in [5.41, 5.74) is 0. The van der Waals surface area contributed by atoms with E-state index < -0.39 is 0 Å². The van der Waals surface area contributed by atoms with Crippen molar-refractivity contribution in [2.45, 2.75) is 0 Å². The maximum Gasteiger partial charge on any atom is 0 e. The maximum absolute atomic E-state index is 0. The molecule has 8 heteroatoms. The first-order valence-corrected chi connectivity index (χ1v) is 0. The van der Waals surface area contributed by atoms with E-state index in [0.717, 1.165) is 0 Å². The molecule has 0 aliphatic rings. The third-order valence-electron chi connectivity index (χ3n) is 0. The molecule has 0 bridgehead atoms. The van der Waals surface area contributed by atoms with E-state index in [9.17, 15) is 0 Å². The Balaban J connectivity index is 0. The minimum atomic E-state index is 0. The summed E-state index contributed by atoms with van der Waals surface area (Å²) >= 11 is 0. The van der Waals surface area contributed by atoms with Gasteiger partial charge < -0.3 is 24.6 Å². The third-order valence-corrected chi connectivity index (χ3v) is 0. The van der Waals surface area contributed by atoms with Crippen LogP contribution < -0.4 is 24.6 Å². The Labute approximate surface area is 111 Å². The fourth-order valence-corrected chi connectivity index (χ4v) is 0. The van der Waals surface area contributed by atoms with Crippen LogP contribution in [0.2, 0.25) is 0 Å². The summed E-state index contributed by atoms with van der Waals surface area (Å²) in [7, 11) is 0. The molecule has 8 heavy (non-hydrogen) atoms. The van der Waals surface area contributed by atoms with Gasteiger partial charge in [-0.1, -0.05) is 0 Å². The Morgan fingerprint density at radius 2 is 0.375 bits per heavy atom. The van der Waals surface area contributed by atoms with Crippen molar-refractivity contribution in [1.29, 1.82) is 0 Å². The molecule has 0 aromatic heterocycles. The standard InChI is InChI=1S/4H3N.Ta.3Ti/h4*1H3;;;;. The van der Waals surface area contributed by atoms with Crippen LogP contribution in [0.25, 0.3) is 0 Å². The topological polar surface area (TPSA) is 140 Å². The van der Waals surface area contributed by atoms with E-state index in [1.165, 1.54) is 0 Å². The molecule has 0 heterocycles. The fourth-order valence-electron chi connectivity index (χ4n) is 0. The molecule has 12 N–H and O–H groups in total. The zero-order chi connectivity index (χ0) is 0. The fraction of sp³-hybridized carbons (Fsp3) is 0. The molecule has 0 saturated heterocycles. The molecule has 1 radical (unpaired) electrons. The maximum atomic E-state index is 0. The molecule has 0 saturated carbocycles. The molecule has 0 aromatic rings. The number of rotatable bonds is 0. The molecule has 0 rings (SSSR count). The average molecular weight is 393 g/mol. The quantitative estimate of drug-likeness (QED) is 0.449. The van der Waals surface area contributed by atoms with E-state index in [1.807, 2.05) is 0 Å². The molecule has 0 unspecified atom stereocenters. The van der Waals surface area contributed by atoms with Gasteiger partial charge in [0.2, 0.25) is 0 Å². The second kappa shape index (κ2) is 99.8. The van der Waals surface area contributed by atoms with Crippen molar-refractivity contribution < 1.29 is 87.5 Å². The van der Waals surface area contributed by atoms with Gasteiger partial charge in [0.15, 0.2) is 0 Å². The Kier molecular flexibility index (Phi) is 1710.